The van der Waals surface area contributed by atoms with Crippen LogP contribution in [0, 0.1) is 0 Å². The van der Waals surface area contributed by atoms with Crippen LogP contribution in [0.4, 0.5) is 0 Å². The maximum Gasteiger partial charge on any atom is 0.251 e. The Labute approximate surface area is 174 Å². The van der Waals surface area contributed by atoms with E-state index < -0.39 is 27.8 Å². The number of Topliss-reactive ketones (excluding diaryl/α,β-unsaturated/α-hetero) is 1. The second-order valence-electron chi connectivity index (χ2n) is 5.99. The summed E-state index contributed by atoms with van der Waals surface area (Å²) >= 11 is 0. The SMILES string of the molecule is NCC(=O)[C@@H](N)C(=O)NCCOCCOCCNC(=O)c1ccc(S(N)(=O)=O)cc1. The van der Waals surface area contributed by atoms with Crippen LogP contribution in [0.5, 0.6) is 0 Å². The van der Waals surface area contributed by atoms with Gasteiger partial charge in [0, 0.05) is 18.7 Å². The van der Waals surface area contributed by atoms with Crippen molar-refractivity contribution in [3.63, 3.8) is 0 Å². The summed E-state index contributed by atoms with van der Waals surface area (Å²) in [5.74, 6) is -1.53. The molecule has 1 aromatic rings. The monoisotopic (exact) mass is 445 g/mol. The number of ether oxygens (including phenoxy) is 2. The fourth-order valence-electron chi connectivity index (χ4n) is 2.09. The lowest BCUT2D eigenvalue weighted by atomic mass is 10.2. The van der Waals surface area contributed by atoms with Crippen molar-refractivity contribution in [1.29, 1.82) is 0 Å². The Balaban J connectivity index is 2.07. The predicted octanol–water partition coefficient (Wildman–Crippen LogP) is -2.93. The van der Waals surface area contributed by atoms with Crippen molar-refractivity contribution in [2.75, 3.05) is 46.1 Å². The highest BCUT2D eigenvalue weighted by Gasteiger charge is 2.19. The number of benzene rings is 1. The van der Waals surface area contributed by atoms with Gasteiger partial charge in [0.25, 0.3) is 5.91 Å². The van der Waals surface area contributed by atoms with Gasteiger partial charge in [-0.3, -0.25) is 14.4 Å². The highest BCUT2D eigenvalue weighted by Crippen LogP contribution is 2.08. The Morgan fingerprint density at radius 3 is 1.97 bits per heavy atom. The first kappa shape index (κ1) is 25.6. The molecule has 0 aliphatic heterocycles. The van der Waals surface area contributed by atoms with E-state index in [0.29, 0.717) is 5.56 Å². The molecule has 13 heteroatoms. The number of nitrogens with two attached hydrogens (primary N) is 3. The van der Waals surface area contributed by atoms with Crippen molar-refractivity contribution >= 4 is 27.6 Å². The van der Waals surface area contributed by atoms with Crippen LogP contribution in [0.2, 0.25) is 0 Å². The van der Waals surface area contributed by atoms with Gasteiger partial charge in [-0.1, -0.05) is 0 Å². The summed E-state index contributed by atoms with van der Waals surface area (Å²) in [5.41, 5.74) is 10.8. The third-order valence-electron chi connectivity index (χ3n) is 3.73. The van der Waals surface area contributed by atoms with Gasteiger partial charge in [0.2, 0.25) is 15.9 Å². The van der Waals surface area contributed by atoms with Crippen LogP contribution in [0.25, 0.3) is 0 Å². The average molecular weight is 445 g/mol. The van der Waals surface area contributed by atoms with Crippen molar-refractivity contribution in [2.45, 2.75) is 10.9 Å². The molecule has 0 spiro atoms. The molecule has 1 aromatic carbocycles. The van der Waals surface area contributed by atoms with Crippen LogP contribution in [0.3, 0.4) is 0 Å². The van der Waals surface area contributed by atoms with Gasteiger partial charge in [-0.15, -0.1) is 0 Å². The predicted molar refractivity (Wildman–Crippen MR) is 107 cm³/mol. The van der Waals surface area contributed by atoms with Gasteiger partial charge < -0.3 is 31.6 Å². The molecule has 1 rings (SSSR count). The minimum Gasteiger partial charge on any atom is -0.377 e. The largest absolute Gasteiger partial charge is 0.377 e. The summed E-state index contributed by atoms with van der Waals surface area (Å²) in [5, 5.41) is 10.1. The normalized spacial score (nSPS) is 12.2. The summed E-state index contributed by atoms with van der Waals surface area (Å²) in [6.45, 7) is 1.14. The second-order valence-corrected chi connectivity index (χ2v) is 7.55. The molecule has 0 bridgehead atoms. The zero-order valence-corrected chi connectivity index (χ0v) is 17.2. The van der Waals surface area contributed by atoms with E-state index in [1.165, 1.54) is 24.3 Å². The fourth-order valence-corrected chi connectivity index (χ4v) is 2.60. The lowest BCUT2D eigenvalue weighted by Gasteiger charge is -2.11. The van der Waals surface area contributed by atoms with E-state index in [-0.39, 0.29) is 56.9 Å². The third kappa shape index (κ3) is 9.39. The Hall–Kier alpha value is -2.42. The number of primary sulfonamides is 1. The topological polar surface area (TPSA) is 206 Å². The van der Waals surface area contributed by atoms with E-state index in [4.69, 9.17) is 26.1 Å². The number of hydrogen-bond donors (Lipinski definition) is 5. The highest BCUT2D eigenvalue weighted by molar-refractivity contribution is 7.89. The molecule has 0 saturated heterocycles. The fraction of sp³-hybridized carbons (Fsp3) is 0.471. The molecule has 30 heavy (non-hydrogen) atoms. The van der Waals surface area contributed by atoms with E-state index in [9.17, 15) is 22.8 Å². The molecule has 0 saturated carbocycles. The van der Waals surface area contributed by atoms with Crippen LogP contribution < -0.4 is 27.2 Å². The Morgan fingerprint density at radius 1 is 0.933 bits per heavy atom. The van der Waals surface area contributed by atoms with E-state index in [2.05, 4.69) is 10.6 Å². The van der Waals surface area contributed by atoms with Crippen LogP contribution >= 0.6 is 0 Å². The third-order valence-corrected chi connectivity index (χ3v) is 4.65. The van der Waals surface area contributed by atoms with Gasteiger partial charge in [-0.25, -0.2) is 13.6 Å². The standard InChI is InChI=1S/C17H27N5O7S/c18-11-14(23)15(19)17(25)22-6-8-29-10-9-28-7-5-21-16(24)12-1-3-13(4-2-12)30(20,26)27/h1-4,15H,5-11,18-19H2,(H,21,24)(H,22,25)(H2,20,26,27)/t15-/m1/s1. The molecule has 0 unspecified atom stereocenters. The van der Waals surface area contributed by atoms with Crippen molar-refractivity contribution in [3.05, 3.63) is 29.8 Å². The molecule has 8 N–H and O–H groups in total. The van der Waals surface area contributed by atoms with E-state index in [0.717, 1.165) is 0 Å². The molecule has 12 nitrogen and oxygen atoms in total. The number of nitrogens with one attached hydrogen (secondary N) is 2. The first-order valence-electron chi connectivity index (χ1n) is 8.99. The molecule has 0 aromatic heterocycles. The molecule has 0 fully saturated rings. The minimum atomic E-state index is -3.80. The summed E-state index contributed by atoms with van der Waals surface area (Å²) < 4.78 is 32.9. The van der Waals surface area contributed by atoms with Crippen molar-refractivity contribution in [2.24, 2.45) is 16.6 Å². The first-order valence-corrected chi connectivity index (χ1v) is 10.5. The van der Waals surface area contributed by atoms with Crippen molar-refractivity contribution < 1.29 is 32.3 Å². The molecule has 2 amide bonds. The molecule has 0 aliphatic carbocycles. The number of ketones is 1. The van der Waals surface area contributed by atoms with Crippen LogP contribution in [-0.2, 0) is 29.1 Å². The van der Waals surface area contributed by atoms with Gasteiger partial charge in [0.1, 0.15) is 6.04 Å². The van der Waals surface area contributed by atoms with Gasteiger partial charge in [-0.05, 0) is 24.3 Å². The number of amides is 2. The Morgan fingerprint density at radius 2 is 1.47 bits per heavy atom. The molecule has 0 radical (unpaired) electrons. The number of carbonyl (C=O) groups excluding carboxylic acids is 3. The molecular weight excluding hydrogens is 418 g/mol. The lowest BCUT2D eigenvalue weighted by Crippen LogP contribution is -2.48. The number of sulfonamides is 1. The summed E-state index contributed by atoms with van der Waals surface area (Å²) in [4.78, 5) is 34.5. The van der Waals surface area contributed by atoms with Gasteiger partial charge in [0.15, 0.2) is 5.78 Å². The Bertz CT molecular complexity index is 814. The van der Waals surface area contributed by atoms with E-state index in [1.54, 1.807) is 0 Å². The Kier molecular flexibility index (Phi) is 11.1. The van der Waals surface area contributed by atoms with Crippen LogP contribution in [-0.4, -0.2) is 78.1 Å². The average Bonchev–Trinajstić information content (AvgIpc) is 2.72. The summed E-state index contributed by atoms with van der Waals surface area (Å²) in [7, 11) is -3.80. The maximum absolute atomic E-state index is 11.9. The molecule has 0 heterocycles. The maximum atomic E-state index is 11.9. The number of hydrogen-bond acceptors (Lipinski definition) is 9. The zero-order chi connectivity index (χ0) is 22.6. The zero-order valence-electron chi connectivity index (χ0n) is 16.3. The van der Waals surface area contributed by atoms with Gasteiger partial charge in [0.05, 0.1) is 37.9 Å². The quantitative estimate of drug-likeness (QED) is 0.146. The highest BCUT2D eigenvalue weighted by atomic mass is 32.2. The van der Waals surface area contributed by atoms with Gasteiger partial charge >= 0.3 is 0 Å². The van der Waals surface area contributed by atoms with E-state index in [1.807, 2.05) is 0 Å². The molecular formula is C17H27N5O7S. The molecule has 0 aliphatic rings. The number of carbonyl (C=O) groups is 3. The smallest absolute Gasteiger partial charge is 0.251 e. The second kappa shape index (κ2) is 13.0. The number of rotatable bonds is 14. The summed E-state index contributed by atoms with van der Waals surface area (Å²) in [6, 6.07) is 3.96. The molecule has 1 atom stereocenters. The van der Waals surface area contributed by atoms with Crippen LogP contribution in [0.15, 0.2) is 29.2 Å². The van der Waals surface area contributed by atoms with E-state index >= 15 is 0 Å². The minimum absolute atomic E-state index is 0.0751. The summed E-state index contributed by atoms with van der Waals surface area (Å²) in [6.07, 6.45) is 0. The van der Waals surface area contributed by atoms with Gasteiger partial charge in [-0.2, -0.15) is 0 Å². The lowest BCUT2D eigenvalue weighted by molar-refractivity contribution is -0.129. The first-order chi connectivity index (χ1) is 14.2. The van der Waals surface area contributed by atoms with Crippen molar-refractivity contribution in [1.82, 2.24) is 10.6 Å². The molecule has 168 valence electrons. The van der Waals surface area contributed by atoms with Crippen LogP contribution in [0.1, 0.15) is 10.4 Å². The van der Waals surface area contributed by atoms with Crippen molar-refractivity contribution in [3.8, 4) is 0 Å².